The SMILES string of the molecule is CN(C)S(=O)(=O)CCCN1CCCC12CCCN(Cc1ccccn1)C2=O. The van der Waals surface area contributed by atoms with E-state index in [4.69, 9.17) is 0 Å². The van der Waals surface area contributed by atoms with E-state index >= 15 is 0 Å². The van der Waals surface area contributed by atoms with Crippen molar-refractivity contribution in [1.29, 1.82) is 0 Å². The van der Waals surface area contributed by atoms with Crippen LogP contribution in [-0.4, -0.2) is 78.4 Å². The van der Waals surface area contributed by atoms with Crippen molar-refractivity contribution >= 4 is 15.9 Å². The number of nitrogens with zero attached hydrogens (tertiary/aromatic N) is 4. The largest absolute Gasteiger partial charge is 0.335 e. The summed E-state index contributed by atoms with van der Waals surface area (Å²) in [7, 11) is -0.0694. The van der Waals surface area contributed by atoms with Crippen molar-refractivity contribution in [2.45, 2.75) is 44.2 Å². The molecule has 1 amide bonds. The molecule has 3 rings (SSSR count). The zero-order valence-corrected chi connectivity index (χ0v) is 17.1. The van der Waals surface area contributed by atoms with Gasteiger partial charge in [-0.15, -0.1) is 0 Å². The maximum atomic E-state index is 13.4. The van der Waals surface area contributed by atoms with Crippen LogP contribution in [0.3, 0.4) is 0 Å². The van der Waals surface area contributed by atoms with Gasteiger partial charge in [-0.05, 0) is 50.8 Å². The maximum absolute atomic E-state index is 13.4. The molecular weight excluding hydrogens is 364 g/mol. The third-order valence-electron chi connectivity index (χ3n) is 5.79. The quantitative estimate of drug-likeness (QED) is 0.697. The van der Waals surface area contributed by atoms with E-state index in [1.165, 1.54) is 4.31 Å². The van der Waals surface area contributed by atoms with Gasteiger partial charge in [-0.2, -0.15) is 0 Å². The van der Waals surface area contributed by atoms with Gasteiger partial charge in [0.25, 0.3) is 0 Å². The van der Waals surface area contributed by atoms with Gasteiger partial charge in [0.2, 0.25) is 15.9 Å². The summed E-state index contributed by atoms with van der Waals surface area (Å²) in [5, 5.41) is 0. The van der Waals surface area contributed by atoms with Gasteiger partial charge in [0.1, 0.15) is 5.54 Å². The molecule has 2 aliphatic rings. The highest BCUT2D eigenvalue weighted by Gasteiger charge is 2.50. The van der Waals surface area contributed by atoms with Gasteiger partial charge in [-0.1, -0.05) is 6.07 Å². The lowest BCUT2D eigenvalue weighted by Crippen LogP contribution is -2.59. The number of carbonyl (C=O) groups is 1. The number of pyridine rings is 1. The number of hydrogen-bond donors (Lipinski definition) is 0. The van der Waals surface area contributed by atoms with Crippen LogP contribution in [0.25, 0.3) is 0 Å². The first-order valence-electron chi connectivity index (χ1n) is 9.70. The molecule has 0 saturated carbocycles. The molecule has 1 aromatic rings. The van der Waals surface area contributed by atoms with Crippen molar-refractivity contribution in [3.8, 4) is 0 Å². The van der Waals surface area contributed by atoms with Crippen LogP contribution in [0.15, 0.2) is 24.4 Å². The van der Waals surface area contributed by atoms with Crippen molar-refractivity contribution in [1.82, 2.24) is 19.1 Å². The third-order valence-corrected chi connectivity index (χ3v) is 7.71. The van der Waals surface area contributed by atoms with Gasteiger partial charge in [-0.25, -0.2) is 12.7 Å². The van der Waals surface area contributed by atoms with Crippen molar-refractivity contribution < 1.29 is 13.2 Å². The fourth-order valence-electron chi connectivity index (χ4n) is 4.31. The number of amides is 1. The van der Waals surface area contributed by atoms with Crippen LogP contribution in [0.2, 0.25) is 0 Å². The second-order valence-electron chi connectivity index (χ2n) is 7.73. The van der Waals surface area contributed by atoms with E-state index in [-0.39, 0.29) is 11.7 Å². The Balaban J connectivity index is 1.66. The molecule has 1 unspecified atom stereocenters. The smallest absolute Gasteiger partial charge is 0.243 e. The van der Waals surface area contributed by atoms with Crippen LogP contribution in [0.1, 0.15) is 37.8 Å². The number of aromatic nitrogens is 1. The summed E-state index contributed by atoms with van der Waals surface area (Å²) in [6.45, 7) is 2.83. The fourth-order valence-corrected chi connectivity index (χ4v) is 5.17. The molecule has 0 aliphatic carbocycles. The fraction of sp³-hybridized carbons (Fsp3) is 0.684. The highest BCUT2D eigenvalue weighted by Crippen LogP contribution is 2.38. The molecule has 0 radical (unpaired) electrons. The average molecular weight is 395 g/mol. The Bertz CT molecular complexity index is 753. The molecule has 2 saturated heterocycles. The molecule has 0 bridgehead atoms. The summed E-state index contributed by atoms with van der Waals surface area (Å²) in [5.41, 5.74) is 0.457. The highest BCUT2D eigenvalue weighted by atomic mass is 32.2. The zero-order chi connectivity index (χ0) is 19.5. The number of carbonyl (C=O) groups excluding carboxylic acids is 1. The van der Waals surface area contributed by atoms with E-state index in [0.29, 0.717) is 19.5 Å². The van der Waals surface area contributed by atoms with E-state index < -0.39 is 15.6 Å². The minimum absolute atomic E-state index is 0.123. The summed E-state index contributed by atoms with van der Waals surface area (Å²) in [5.74, 6) is 0.311. The van der Waals surface area contributed by atoms with Gasteiger partial charge < -0.3 is 4.90 Å². The van der Waals surface area contributed by atoms with E-state index in [9.17, 15) is 13.2 Å². The molecule has 1 spiro atoms. The van der Waals surface area contributed by atoms with Crippen molar-refractivity contribution in [2.24, 2.45) is 0 Å². The molecule has 3 heterocycles. The molecule has 7 nitrogen and oxygen atoms in total. The number of rotatable bonds is 7. The minimum atomic E-state index is -3.19. The van der Waals surface area contributed by atoms with Crippen molar-refractivity contribution in [3.63, 3.8) is 0 Å². The molecule has 27 heavy (non-hydrogen) atoms. The number of piperidine rings is 1. The topological polar surface area (TPSA) is 73.8 Å². The second-order valence-corrected chi connectivity index (χ2v) is 10.0. The molecule has 0 N–H and O–H groups in total. The van der Waals surface area contributed by atoms with E-state index in [1.807, 2.05) is 23.1 Å². The van der Waals surface area contributed by atoms with Crippen LogP contribution >= 0.6 is 0 Å². The summed E-state index contributed by atoms with van der Waals surface area (Å²) in [6, 6.07) is 5.77. The van der Waals surface area contributed by atoms with Crippen LogP contribution in [0, 0.1) is 0 Å². The van der Waals surface area contributed by atoms with Gasteiger partial charge in [0.05, 0.1) is 18.0 Å². The second kappa shape index (κ2) is 8.24. The Morgan fingerprint density at radius 2 is 1.93 bits per heavy atom. The van der Waals surface area contributed by atoms with Gasteiger partial charge in [0, 0.05) is 33.4 Å². The number of hydrogen-bond acceptors (Lipinski definition) is 5. The Hall–Kier alpha value is -1.51. The van der Waals surface area contributed by atoms with Crippen LogP contribution in [-0.2, 0) is 21.4 Å². The summed E-state index contributed by atoms with van der Waals surface area (Å²) in [4.78, 5) is 21.9. The average Bonchev–Trinajstić information content (AvgIpc) is 3.03. The molecular formula is C19H30N4O3S. The van der Waals surface area contributed by atoms with E-state index in [1.54, 1.807) is 20.3 Å². The van der Waals surface area contributed by atoms with E-state index in [0.717, 1.165) is 44.5 Å². The van der Waals surface area contributed by atoms with Crippen LogP contribution < -0.4 is 0 Å². The lowest BCUT2D eigenvalue weighted by atomic mass is 9.85. The Morgan fingerprint density at radius 3 is 2.59 bits per heavy atom. The third kappa shape index (κ3) is 4.33. The minimum Gasteiger partial charge on any atom is -0.335 e. The lowest BCUT2D eigenvalue weighted by molar-refractivity contribution is -0.148. The Morgan fingerprint density at radius 1 is 1.19 bits per heavy atom. The summed E-state index contributed by atoms with van der Waals surface area (Å²) >= 11 is 0. The van der Waals surface area contributed by atoms with Gasteiger partial charge in [0.15, 0.2) is 0 Å². The molecule has 1 atom stereocenters. The molecule has 150 valence electrons. The first-order chi connectivity index (χ1) is 12.8. The predicted octanol–water partition coefficient (Wildman–Crippen LogP) is 1.32. The van der Waals surface area contributed by atoms with Crippen molar-refractivity contribution in [2.75, 3.05) is 39.5 Å². The lowest BCUT2D eigenvalue weighted by Gasteiger charge is -2.44. The van der Waals surface area contributed by atoms with Gasteiger partial charge >= 0.3 is 0 Å². The standard InChI is InChI=1S/C19H30N4O3S/c1-21(2)27(25,26)15-7-14-23-13-6-10-19(23)9-5-12-22(18(19)24)16-17-8-3-4-11-20-17/h3-4,8,11H,5-7,9-10,12-16H2,1-2H3. The monoisotopic (exact) mass is 394 g/mol. The molecule has 0 aromatic carbocycles. The maximum Gasteiger partial charge on any atom is 0.243 e. The molecule has 2 fully saturated rings. The van der Waals surface area contributed by atoms with Crippen LogP contribution in [0.4, 0.5) is 0 Å². The Kier molecular flexibility index (Phi) is 6.18. The van der Waals surface area contributed by atoms with Crippen LogP contribution in [0.5, 0.6) is 0 Å². The Labute approximate surface area is 162 Å². The highest BCUT2D eigenvalue weighted by molar-refractivity contribution is 7.89. The molecule has 1 aromatic heterocycles. The first-order valence-corrected chi connectivity index (χ1v) is 11.3. The number of sulfonamides is 1. The molecule has 2 aliphatic heterocycles. The summed E-state index contributed by atoms with van der Waals surface area (Å²) in [6.07, 6.45) is 6.01. The van der Waals surface area contributed by atoms with Crippen molar-refractivity contribution in [3.05, 3.63) is 30.1 Å². The van der Waals surface area contributed by atoms with E-state index in [2.05, 4.69) is 9.88 Å². The zero-order valence-electron chi connectivity index (χ0n) is 16.3. The summed E-state index contributed by atoms with van der Waals surface area (Å²) < 4.78 is 25.3. The van der Waals surface area contributed by atoms with Gasteiger partial charge in [-0.3, -0.25) is 14.7 Å². The normalized spacial score (nSPS) is 24.3. The first kappa shape index (κ1) is 20.2. The molecule has 8 heteroatoms. The number of likely N-dealkylation sites (tertiary alicyclic amines) is 2. The predicted molar refractivity (Wildman–Crippen MR) is 105 cm³/mol.